The topological polar surface area (TPSA) is 41.1 Å². The van der Waals surface area contributed by atoms with Gasteiger partial charge in [0.05, 0.1) is 0 Å². The van der Waals surface area contributed by atoms with Crippen molar-refractivity contribution in [1.82, 2.24) is 10.9 Å². The van der Waals surface area contributed by atoms with Crippen molar-refractivity contribution in [2.45, 2.75) is 0 Å². The molecule has 0 heterocycles. The van der Waals surface area contributed by atoms with Gasteiger partial charge >= 0.3 is 0 Å². The second-order valence-corrected chi connectivity index (χ2v) is 5.40. The smallest absolute Gasteiger partial charge is 0.269 e. The number of rotatable bonds is 5. The number of carbonyl (C=O) groups excluding carboxylic acids is 1. The fraction of sp³-hybridized carbons (Fsp3) is 0. The van der Waals surface area contributed by atoms with Crippen molar-refractivity contribution < 1.29 is 9.18 Å². The van der Waals surface area contributed by atoms with Gasteiger partial charge in [0.2, 0.25) is 0 Å². The van der Waals surface area contributed by atoms with Crippen LogP contribution in [0.4, 0.5) is 4.39 Å². The number of benzene rings is 3. The maximum absolute atomic E-state index is 12.9. The Morgan fingerprint density at radius 1 is 0.720 bits per heavy atom. The number of halogens is 1. The third-order valence-electron chi connectivity index (χ3n) is 3.68. The molecule has 0 saturated carbocycles. The summed E-state index contributed by atoms with van der Waals surface area (Å²) in [5, 5.41) is 0. The third kappa shape index (κ3) is 4.32. The van der Waals surface area contributed by atoms with E-state index in [4.69, 9.17) is 0 Å². The van der Waals surface area contributed by atoms with Gasteiger partial charge in [0, 0.05) is 17.3 Å². The van der Waals surface area contributed by atoms with E-state index in [0.29, 0.717) is 5.56 Å². The van der Waals surface area contributed by atoms with Gasteiger partial charge in [-0.25, -0.2) is 4.39 Å². The number of amides is 1. The zero-order chi connectivity index (χ0) is 17.5. The molecule has 0 saturated heterocycles. The second-order valence-electron chi connectivity index (χ2n) is 5.40. The van der Waals surface area contributed by atoms with Gasteiger partial charge in [0.1, 0.15) is 5.82 Å². The lowest BCUT2D eigenvalue weighted by molar-refractivity contribution is 0.0941. The van der Waals surface area contributed by atoms with Crippen molar-refractivity contribution >= 4 is 11.5 Å². The maximum Gasteiger partial charge on any atom is 0.269 e. The first kappa shape index (κ1) is 16.5. The Morgan fingerprint density at radius 3 is 1.76 bits per heavy atom. The average molecular weight is 332 g/mol. The van der Waals surface area contributed by atoms with Crippen LogP contribution in [0.25, 0.3) is 5.57 Å². The average Bonchev–Trinajstić information content (AvgIpc) is 2.67. The normalized spacial score (nSPS) is 9.96. The van der Waals surface area contributed by atoms with Gasteiger partial charge in [-0.05, 0) is 35.4 Å². The molecule has 3 aromatic rings. The van der Waals surface area contributed by atoms with E-state index >= 15 is 0 Å². The summed E-state index contributed by atoms with van der Waals surface area (Å²) in [4.78, 5) is 12.1. The van der Waals surface area contributed by atoms with Crippen LogP contribution in [0.2, 0.25) is 0 Å². The Hall–Kier alpha value is -3.40. The SMILES string of the molecule is O=C(NNC=C(c1ccccc1)c1ccccc1)c1ccc(F)cc1. The van der Waals surface area contributed by atoms with Gasteiger partial charge in [-0.15, -0.1) is 0 Å². The van der Waals surface area contributed by atoms with Crippen LogP contribution in [0.1, 0.15) is 21.5 Å². The number of hydrazine groups is 1. The molecular weight excluding hydrogens is 315 g/mol. The molecule has 4 heteroatoms. The molecule has 0 aromatic heterocycles. The predicted molar refractivity (Wildman–Crippen MR) is 97.0 cm³/mol. The highest BCUT2D eigenvalue weighted by molar-refractivity contribution is 5.94. The van der Waals surface area contributed by atoms with E-state index in [1.165, 1.54) is 24.3 Å². The minimum absolute atomic E-state index is 0.336. The number of nitrogens with one attached hydrogen (secondary N) is 2. The molecule has 0 aliphatic rings. The van der Waals surface area contributed by atoms with E-state index < -0.39 is 0 Å². The van der Waals surface area contributed by atoms with E-state index in [0.717, 1.165) is 16.7 Å². The maximum atomic E-state index is 12.9. The quantitative estimate of drug-likeness (QED) is 0.689. The molecule has 25 heavy (non-hydrogen) atoms. The van der Waals surface area contributed by atoms with Crippen molar-refractivity contribution in [3.8, 4) is 0 Å². The molecule has 0 aliphatic carbocycles. The fourth-order valence-corrected chi connectivity index (χ4v) is 2.42. The van der Waals surface area contributed by atoms with Crippen molar-refractivity contribution in [2.75, 3.05) is 0 Å². The van der Waals surface area contributed by atoms with E-state index in [1.807, 2.05) is 60.7 Å². The number of hydrogen-bond donors (Lipinski definition) is 2. The molecule has 0 radical (unpaired) electrons. The zero-order valence-electron chi connectivity index (χ0n) is 13.4. The summed E-state index contributed by atoms with van der Waals surface area (Å²) in [6, 6.07) is 25.1. The molecule has 0 aliphatic heterocycles. The minimum Gasteiger partial charge on any atom is -0.305 e. The van der Waals surface area contributed by atoms with Crippen LogP contribution in [0, 0.1) is 5.82 Å². The summed E-state index contributed by atoms with van der Waals surface area (Å²) in [7, 11) is 0. The standard InChI is InChI=1S/C21H17FN2O/c22-19-13-11-18(12-14-19)21(25)24-23-15-20(16-7-3-1-4-8-16)17-9-5-2-6-10-17/h1-15,23H,(H,24,25). The molecule has 3 nitrogen and oxygen atoms in total. The highest BCUT2D eigenvalue weighted by Gasteiger charge is 2.06. The second kappa shape index (κ2) is 7.93. The van der Waals surface area contributed by atoms with Crippen molar-refractivity contribution in [3.05, 3.63) is 114 Å². The van der Waals surface area contributed by atoms with Crippen LogP contribution in [0.3, 0.4) is 0 Å². The van der Waals surface area contributed by atoms with E-state index in [9.17, 15) is 9.18 Å². The van der Waals surface area contributed by atoms with Crippen LogP contribution in [0.5, 0.6) is 0 Å². The zero-order valence-corrected chi connectivity index (χ0v) is 13.4. The summed E-state index contributed by atoms with van der Waals surface area (Å²) in [5.41, 5.74) is 8.81. The molecule has 0 unspecified atom stereocenters. The summed E-state index contributed by atoms with van der Waals surface area (Å²) in [5.74, 6) is -0.712. The lowest BCUT2D eigenvalue weighted by Crippen LogP contribution is -2.33. The molecule has 124 valence electrons. The lowest BCUT2D eigenvalue weighted by Gasteiger charge is -2.10. The largest absolute Gasteiger partial charge is 0.305 e. The van der Waals surface area contributed by atoms with Gasteiger partial charge in [0.15, 0.2) is 0 Å². The van der Waals surface area contributed by atoms with Gasteiger partial charge in [-0.3, -0.25) is 10.2 Å². The molecular formula is C21H17FN2O. The minimum atomic E-state index is -0.375. The van der Waals surface area contributed by atoms with Gasteiger partial charge in [-0.2, -0.15) is 0 Å². The molecule has 0 spiro atoms. The van der Waals surface area contributed by atoms with Gasteiger partial charge in [-0.1, -0.05) is 60.7 Å². The first-order chi connectivity index (χ1) is 12.2. The lowest BCUT2D eigenvalue weighted by atomic mass is 9.99. The Labute approximate surface area is 145 Å². The fourth-order valence-electron chi connectivity index (χ4n) is 2.42. The molecule has 0 fully saturated rings. The first-order valence-corrected chi connectivity index (χ1v) is 7.86. The van der Waals surface area contributed by atoms with E-state index in [1.54, 1.807) is 6.20 Å². The van der Waals surface area contributed by atoms with Crippen LogP contribution >= 0.6 is 0 Å². The first-order valence-electron chi connectivity index (χ1n) is 7.86. The predicted octanol–water partition coefficient (Wildman–Crippen LogP) is 4.15. The highest BCUT2D eigenvalue weighted by Crippen LogP contribution is 2.22. The van der Waals surface area contributed by atoms with E-state index in [2.05, 4.69) is 10.9 Å². The molecule has 1 amide bonds. The van der Waals surface area contributed by atoms with Crippen LogP contribution in [0.15, 0.2) is 91.1 Å². The monoisotopic (exact) mass is 332 g/mol. The van der Waals surface area contributed by atoms with Crippen LogP contribution in [-0.4, -0.2) is 5.91 Å². The summed E-state index contributed by atoms with van der Waals surface area (Å²) >= 11 is 0. The highest BCUT2D eigenvalue weighted by atomic mass is 19.1. The molecule has 3 rings (SSSR count). The Morgan fingerprint density at radius 2 is 1.24 bits per heavy atom. The summed E-state index contributed by atoms with van der Waals surface area (Å²) in [6.45, 7) is 0. The summed E-state index contributed by atoms with van der Waals surface area (Å²) in [6.07, 6.45) is 1.74. The Kier molecular flexibility index (Phi) is 5.22. The molecule has 0 atom stereocenters. The van der Waals surface area contributed by atoms with Crippen LogP contribution < -0.4 is 10.9 Å². The third-order valence-corrected chi connectivity index (χ3v) is 3.68. The molecule has 2 N–H and O–H groups in total. The van der Waals surface area contributed by atoms with Crippen molar-refractivity contribution in [2.24, 2.45) is 0 Å². The van der Waals surface area contributed by atoms with Crippen molar-refractivity contribution in [3.63, 3.8) is 0 Å². The van der Waals surface area contributed by atoms with Crippen molar-refractivity contribution in [1.29, 1.82) is 0 Å². The number of hydrogen-bond acceptors (Lipinski definition) is 2. The summed E-state index contributed by atoms with van der Waals surface area (Å²) < 4.78 is 12.9. The van der Waals surface area contributed by atoms with Gasteiger partial charge < -0.3 is 5.43 Å². The Bertz CT molecular complexity index is 818. The molecule has 3 aromatic carbocycles. The Balaban J connectivity index is 1.77. The van der Waals surface area contributed by atoms with Gasteiger partial charge in [0.25, 0.3) is 5.91 Å². The molecule has 0 bridgehead atoms. The van der Waals surface area contributed by atoms with Crippen LogP contribution in [-0.2, 0) is 0 Å². The van der Waals surface area contributed by atoms with E-state index in [-0.39, 0.29) is 11.7 Å². The number of carbonyl (C=O) groups is 1.